The molecule has 15 heavy (non-hydrogen) atoms. The standard InChI is InChI=1S/C11H22N2OS/c1-2-7-15-8-5-9-4-3-6-11(9,13)10(12)14/h9H,2-8,13H2,1H3,(H2,12,14). The van der Waals surface area contributed by atoms with Gasteiger partial charge in [-0.3, -0.25) is 4.79 Å². The largest absolute Gasteiger partial charge is 0.368 e. The predicted octanol–water partition coefficient (Wildman–Crippen LogP) is 1.50. The van der Waals surface area contributed by atoms with E-state index in [4.69, 9.17) is 11.5 Å². The van der Waals surface area contributed by atoms with Crippen LogP contribution in [0.2, 0.25) is 0 Å². The normalized spacial score (nSPS) is 30.7. The highest BCUT2D eigenvalue weighted by Gasteiger charge is 2.43. The summed E-state index contributed by atoms with van der Waals surface area (Å²) in [5.41, 5.74) is 10.7. The summed E-state index contributed by atoms with van der Waals surface area (Å²) in [6, 6.07) is 0. The van der Waals surface area contributed by atoms with Crippen LogP contribution in [0.5, 0.6) is 0 Å². The molecule has 2 atom stereocenters. The van der Waals surface area contributed by atoms with Crippen LogP contribution in [-0.4, -0.2) is 23.0 Å². The first-order chi connectivity index (χ1) is 7.11. The van der Waals surface area contributed by atoms with Gasteiger partial charge in [-0.05, 0) is 43.1 Å². The molecular formula is C11H22N2OS. The van der Waals surface area contributed by atoms with Crippen LogP contribution in [0, 0.1) is 5.92 Å². The van der Waals surface area contributed by atoms with Crippen molar-refractivity contribution in [3.05, 3.63) is 0 Å². The Morgan fingerprint density at radius 3 is 2.87 bits per heavy atom. The minimum absolute atomic E-state index is 0.305. The maximum Gasteiger partial charge on any atom is 0.237 e. The summed E-state index contributed by atoms with van der Waals surface area (Å²) in [6.45, 7) is 2.18. The minimum Gasteiger partial charge on any atom is -0.368 e. The molecule has 0 aromatic rings. The lowest BCUT2D eigenvalue weighted by Gasteiger charge is -2.27. The first-order valence-corrected chi connectivity index (χ1v) is 6.93. The van der Waals surface area contributed by atoms with Gasteiger partial charge in [-0.25, -0.2) is 0 Å². The monoisotopic (exact) mass is 230 g/mol. The molecule has 0 aliphatic heterocycles. The van der Waals surface area contributed by atoms with Crippen LogP contribution < -0.4 is 11.5 Å². The number of thioether (sulfide) groups is 1. The van der Waals surface area contributed by atoms with Gasteiger partial charge in [-0.15, -0.1) is 0 Å². The summed E-state index contributed by atoms with van der Waals surface area (Å²) in [5, 5.41) is 0. The van der Waals surface area contributed by atoms with E-state index in [2.05, 4.69) is 6.92 Å². The van der Waals surface area contributed by atoms with E-state index in [1.54, 1.807) is 0 Å². The molecule has 3 nitrogen and oxygen atoms in total. The lowest BCUT2D eigenvalue weighted by atomic mass is 9.85. The van der Waals surface area contributed by atoms with Gasteiger partial charge in [0, 0.05) is 0 Å². The van der Waals surface area contributed by atoms with Crippen LogP contribution >= 0.6 is 11.8 Å². The van der Waals surface area contributed by atoms with Crippen molar-refractivity contribution in [3.8, 4) is 0 Å². The van der Waals surface area contributed by atoms with Gasteiger partial charge in [-0.1, -0.05) is 13.3 Å². The first kappa shape index (κ1) is 12.8. The van der Waals surface area contributed by atoms with Crippen molar-refractivity contribution < 1.29 is 4.79 Å². The molecule has 0 aromatic heterocycles. The Kier molecular flexibility index (Phi) is 4.93. The van der Waals surface area contributed by atoms with E-state index in [0.717, 1.165) is 31.4 Å². The second-order valence-corrected chi connectivity index (χ2v) is 5.62. The van der Waals surface area contributed by atoms with Crippen molar-refractivity contribution in [3.63, 3.8) is 0 Å². The summed E-state index contributed by atoms with van der Waals surface area (Å²) in [4.78, 5) is 11.3. The third-order valence-corrected chi connectivity index (χ3v) is 4.51. The van der Waals surface area contributed by atoms with E-state index >= 15 is 0 Å². The third kappa shape index (κ3) is 3.11. The van der Waals surface area contributed by atoms with Crippen LogP contribution in [0.25, 0.3) is 0 Å². The van der Waals surface area contributed by atoms with Gasteiger partial charge in [0.2, 0.25) is 5.91 Å². The molecule has 4 N–H and O–H groups in total. The van der Waals surface area contributed by atoms with Gasteiger partial charge in [0.25, 0.3) is 0 Å². The van der Waals surface area contributed by atoms with Gasteiger partial charge in [-0.2, -0.15) is 11.8 Å². The SMILES string of the molecule is CCCSCCC1CCCC1(N)C(N)=O. The highest BCUT2D eigenvalue weighted by Crippen LogP contribution is 2.36. The molecule has 1 amide bonds. The number of hydrogen-bond donors (Lipinski definition) is 2. The zero-order valence-electron chi connectivity index (χ0n) is 9.50. The Bertz CT molecular complexity index is 223. The van der Waals surface area contributed by atoms with E-state index in [9.17, 15) is 4.79 Å². The van der Waals surface area contributed by atoms with Crippen LogP contribution in [0.4, 0.5) is 0 Å². The van der Waals surface area contributed by atoms with Crippen molar-refractivity contribution >= 4 is 17.7 Å². The molecule has 0 aromatic carbocycles. The fourth-order valence-corrected chi connectivity index (χ4v) is 3.24. The zero-order valence-corrected chi connectivity index (χ0v) is 10.3. The average Bonchev–Trinajstić information content (AvgIpc) is 2.56. The Hall–Kier alpha value is -0.220. The summed E-state index contributed by atoms with van der Waals surface area (Å²) in [6.07, 6.45) is 5.11. The molecule has 1 fully saturated rings. The van der Waals surface area contributed by atoms with Crippen molar-refractivity contribution in [2.24, 2.45) is 17.4 Å². The molecule has 1 aliphatic carbocycles. The molecule has 0 spiro atoms. The molecule has 88 valence electrons. The van der Waals surface area contributed by atoms with E-state index in [1.165, 1.54) is 12.2 Å². The van der Waals surface area contributed by atoms with Crippen molar-refractivity contribution in [2.45, 2.75) is 44.6 Å². The molecule has 0 bridgehead atoms. The van der Waals surface area contributed by atoms with Gasteiger partial charge >= 0.3 is 0 Å². The Labute approximate surface area is 96.3 Å². The smallest absolute Gasteiger partial charge is 0.237 e. The molecule has 1 saturated carbocycles. The molecule has 4 heteroatoms. The topological polar surface area (TPSA) is 69.1 Å². The second kappa shape index (κ2) is 5.75. The number of nitrogens with two attached hydrogens (primary N) is 2. The summed E-state index contributed by atoms with van der Waals surface area (Å²) in [7, 11) is 0. The summed E-state index contributed by atoms with van der Waals surface area (Å²) >= 11 is 1.94. The van der Waals surface area contributed by atoms with Gasteiger partial charge in [0.05, 0.1) is 5.54 Å². The minimum atomic E-state index is -0.716. The van der Waals surface area contributed by atoms with Gasteiger partial charge in [0.15, 0.2) is 0 Å². The maximum absolute atomic E-state index is 11.3. The summed E-state index contributed by atoms with van der Waals surface area (Å²) in [5.74, 6) is 2.29. The highest BCUT2D eigenvalue weighted by atomic mass is 32.2. The molecular weight excluding hydrogens is 208 g/mol. The van der Waals surface area contributed by atoms with Gasteiger partial charge < -0.3 is 11.5 Å². The Balaban J connectivity index is 2.37. The number of primary amides is 1. The number of rotatable bonds is 6. The van der Waals surface area contributed by atoms with Crippen LogP contribution in [0.15, 0.2) is 0 Å². The Morgan fingerprint density at radius 2 is 2.27 bits per heavy atom. The maximum atomic E-state index is 11.3. The van der Waals surface area contributed by atoms with Crippen LogP contribution in [0.1, 0.15) is 39.0 Å². The molecule has 1 aliphatic rings. The predicted molar refractivity (Wildman–Crippen MR) is 65.7 cm³/mol. The van der Waals surface area contributed by atoms with Crippen molar-refractivity contribution in [1.29, 1.82) is 0 Å². The third-order valence-electron chi connectivity index (χ3n) is 3.29. The highest BCUT2D eigenvalue weighted by molar-refractivity contribution is 7.99. The van der Waals surface area contributed by atoms with Crippen molar-refractivity contribution in [1.82, 2.24) is 0 Å². The molecule has 2 unspecified atom stereocenters. The molecule has 0 radical (unpaired) electrons. The second-order valence-electron chi connectivity index (χ2n) is 4.39. The number of carbonyl (C=O) groups excluding carboxylic acids is 1. The quantitative estimate of drug-likeness (QED) is 0.679. The lowest BCUT2D eigenvalue weighted by molar-refractivity contribution is -0.124. The lowest BCUT2D eigenvalue weighted by Crippen LogP contribution is -2.54. The number of carbonyl (C=O) groups is 1. The van der Waals surface area contributed by atoms with E-state index < -0.39 is 5.54 Å². The molecule has 1 rings (SSSR count). The number of hydrogen-bond acceptors (Lipinski definition) is 3. The van der Waals surface area contributed by atoms with Crippen LogP contribution in [-0.2, 0) is 4.79 Å². The molecule has 0 heterocycles. The molecule has 0 saturated heterocycles. The Morgan fingerprint density at radius 1 is 1.53 bits per heavy atom. The number of amides is 1. The fourth-order valence-electron chi connectivity index (χ4n) is 2.30. The van der Waals surface area contributed by atoms with E-state index in [0.29, 0.717) is 5.92 Å². The van der Waals surface area contributed by atoms with E-state index in [1.807, 2.05) is 11.8 Å². The van der Waals surface area contributed by atoms with Crippen LogP contribution in [0.3, 0.4) is 0 Å². The van der Waals surface area contributed by atoms with Gasteiger partial charge in [0.1, 0.15) is 0 Å². The first-order valence-electron chi connectivity index (χ1n) is 5.77. The van der Waals surface area contributed by atoms with Crippen molar-refractivity contribution in [2.75, 3.05) is 11.5 Å². The fraction of sp³-hybridized carbons (Fsp3) is 0.909. The summed E-state index contributed by atoms with van der Waals surface area (Å²) < 4.78 is 0. The zero-order chi connectivity index (χ0) is 11.3. The average molecular weight is 230 g/mol. The van der Waals surface area contributed by atoms with E-state index in [-0.39, 0.29) is 5.91 Å².